The zero-order chi connectivity index (χ0) is 10.8. The fourth-order valence-corrected chi connectivity index (χ4v) is 1.66. The maximum Gasteiger partial charge on any atom is 0.0962 e. The highest BCUT2D eigenvalue weighted by atomic mass is 79.9. The quantitative estimate of drug-likeness (QED) is 0.853. The van der Waals surface area contributed by atoms with Gasteiger partial charge in [0.1, 0.15) is 0 Å². The number of hydrogen-bond donors (Lipinski definition) is 0. The molecule has 0 N–H and O–H groups in total. The molecule has 14 heavy (non-hydrogen) atoms. The van der Waals surface area contributed by atoms with Crippen molar-refractivity contribution in [1.29, 1.82) is 0 Å². The molecule has 78 valence electrons. The van der Waals surface area contributed by atoms with E-state index in [1.807, 2.05) is 0 Å². The number of rotatable bonds is 3. The fraction of sp³-hybridized carbons (Fsp3) is 0.375. The Morgan fingerprint density at radius 2 is 2.07 bits per heavy atom. The van der Waals surface area contributed by atoms with E-state index in [0.29, 0.717) is 10.2 Å². The minimum atomic E-state index is -3.40. The molecule has 0 saturated heterocycles. The molecular formula is C8H10BrN2O2S-. The van der Waals surface area contributed by atoms with Gasteiger partial charge in [-0.25, -0.2) is 8.42 Å². The van der Waals surface area contributed by atoms with Crippen LogP contribution in [0.1, 0.15) is 13.8 Å². The van der Waals surface area contributed by atoms with E-state index in [0.717, 1.165) is 0 Å². The van der Waals surface area contributed by atoms with Crippen LogP contribution in [0.5, 0.6) is 0 Å². The third-order valence-corrected chi connectivity index (χ3v) is 3.61. The van der Waals surface area contributed by atoms with E-state index >= 15 is 0 Å². The average molecular weight is 278 g/mol. The summed E-state index contributed by atoms with van der Waals surface area (Å²) in [4.78, 5) is 3.82. The van der Waals surface area contributed by atoms with Crippen LogP contribution in [0.3, 0.4) is 0 Å². The van der Waals surface area contributed by atoms with Crippen LogP contribution in [-0.4, -0.2) is 18.7 Å². The average Bonchev–Trinajstić information content (AvgIpc) is 2.02. The van der Waals surface area contributed by atoms with Crippen LogP contribution >= 0.6 is 15.9 Å². The van der Waals surface area contributed by atoms with Crippen LogP contribution in [0.25, 0.3) is 4.72 Å². The normalized spacial score (nSPS) is 11.7. The van der Waals surface area contributed by atoms with Crippen molar-refractivity contribution < 1.29 is 8.42 Å². The molecule has 0 aliphatic heterocycles. The van der Waals surface area contributed by atoms with Gasteiger partial charge in [-0.15, -0.1) is 5.69 Å². The molecule has 0 saturated carbocycles. The predicted octanol–water partition coefficient (Wildman–Crippen LogP) is 2.59. The van der Waals surface area contributed by atoms with E-state index in [2.05, 4.69) is 25.6 Å². The molecule has 6 heteroatoms. The van der Waals surface area contributed by atoms with Crippen molar-refractivity contribution in [2.45, 2.75) is 19.1 Å². The number of aromatic nitrogens is 1. The molecule has 0 atom stereocenters. The summed E-state index contributed by atoms with van der Waals surface area (Å²) in [5.41, 5.74) is 0.341. The van der Waals surface area contributed by atoms with Crippen molar-refractivity contribution in [3.8, 4) is 0 Å². The first-order valence-corrected chi connectivity index (χ1v) is 6.29. The first kappa shape index (κ1) is 11.5. The van der Waals surface area contributed by atoms with E-state index in [1.54, 1.807) is 26.1 Å². The number of halogens is 1. The van der Waals surface area contributed by atoms with Gasteiger partial charge < -0.3 is 4.72 Å². The number of hydrogen-bond acceptors (Lipinski definition) is 3. The van der Waals surface area contributed by atoms with Crippen molar-refractivity contribution in [2.24, 2.45) is 0 Å². The zero-order valence-corrected chi connectivity index (χ0v) is 10.2. The summed E-state index contributed by atoms with van der Waals surface area (Å²) in [6.45, 7) is 3.18. The molecule has 0 aromatic carbocycles. The largest absolute Gasteiger partial charge is 0.575 e. The Morgan fingerprint density at radius 1 is 1.43 bits per heavy atom. The summed E-state index contributed by atoms with van der Waals surface area (Å²) >= 11 is 3.19. The smallest absolute Gasteiger partial charge is 0.0962 e. The Kier molecular flexibility index (Phi) is 3.49. The molecule has 0 bridgehead atoms. The van der Waals surface area contributed by atoms with E-state index in [9.17, 15) is 8.42 Å². The maximum absolute atomic E-state index is 11.4. The third-order valence-electron chi connectivity index (χ3n) is 1.52. The fourth-order valence-electron chi connectivity index (χ4n) is 0.703. The minimum absolute atomic E-state index is 0.341. The Morgan fingerprint density at radius 3 is 2.57 bits per heavy atom. The zero-order valence-electron chi connectivity index (χ0n) is 7.81. The highest BCUT2D eigenvalue weighted by Gasteiger charge is 2.05. The van der Waals surface area contributed by atoms with Gasteiger partial charge in [-0.1, -0.05) is 19.9 Å². The Labute approximate surface area is 91.9 Å². The summed E-state index contributed by atoms with van der Waals surface area (Å²) in [5.74, 6) is 0. The van der Waals surface area contributed by atoms with Crippen molar-refractivity contribution in [1.82, 2.24) is 4.98 Å². The third kappa shape index (κ3) is 2.95. The topological polar surface area (TPSA) is 61.1 Å². The van der Waals surface area contributed by atoms with Crippen LogP contribution < -0.4 is 0 Å². The lowest BCUT2D eigenvalue weighted by Crippen LogP contribution is -2.10. The lowest BCUT2D eigenvalue weighted by Gasteiger charge is -2.23. The number of sulfonamides is 1. The summed E-state index contributed by atoms with van der Waals surface area (Å²) in [6.07, 6.45) is 2.98. The Hall–Kier alpha value is -0.620. The molecule has 0 spiro atoms. The van der Waals surface area contributed by atoms with Gasteiger partial charge >= 0.3 is 0 Å². The van der Waals surface area contributed by atoms with Crippen LogP contribution in [0.15, 0.2) is 22.9 Å². The van der Waals surface area contributed by atoms with E-state index in [4.69, 9.17) is 0 Å². The molecule has 4 nitrogen and oxygen atoms in total. The van der Waals surface area contributed by atoms with E-state index in [-0.39, 0.29) is 0 Å². The second-order valence-corrected chi connectivity index (χ2v) is 6.09. The molecule has 0 amide bonds. The van der Waals surface area contributed by atoms with Gasteiger partial charge in [-0.05, 0) is 15.9 Å². The highest BCUT2D eigenvalue weighted by molar-refractivity contribution is 9.10. The van der Waals surface area contributed by atoms with Gasteiger partial charge in [-0.2, -0.15) is 0 Å². The van der Waals surface area contributed by atoms with Crippen LogP contribution in [0.2, 0.25) is 0 Å². The van der Waals surface area contributed by atoms with Gasteiger partial charge in [0.2, 0.25) is 0 Å². The van der Waals surface area contributed by atoms with Crippen LogP contribution in [0, 0.1) is 0 Å². The predicted molar refractivity (Wildman–Crippen MR) is 59.0 cm³/mol. The highest BCUT2D eigenvalue weighted by Crippen LogP contribution is 2.26. The first-order valence-electron chi connectivity index (χ1n) is 3.99. The maximum atomic E-state index is 11.4. The second kappa shape index (κ2) is 4.27. The molecule has 0 aliphatic rings. The summed E-state index contributed by atoms with van der Waals surface area (Å²) in [5, 5.41) is -0.513. The van der Waals surface area contributed by atoms with Gasteiger partial charge in [0, 0.05) is 22.1 Å². The minimum Gasteiger partial charge on any atom is -0.575 e. The molecule has 0 fully saturated rings. The van der Waals surface area contributed by atoms with Gasteiger partial charge in [0.15, 0.2) is 0 Å². The second-order valence-electron chi connectivity index (χ2n) is 3.02. The van der Waals surface area contributed by atoms with Crippen molar-refractivity contribution >= 4 is 31.6 Å². The lowest BCUT2D eigenvalue weighted by atomic mass is 10.4. The molecule has 0 radical (unpaired) electrons. The number of nitrogens with zero attached hydrogens (tertiary/aromatic N) is 2. The summed E-state index contributed by atoms with van der Waals surface area (Å²) in [6, 6.07) is 1.60. The molecule has 0 unspecified atom stereocenters. The molecular weight excluding hydrogens is 268 g/mol. The Bertz CT molecular complexity index is 417. The SMILES string of the molecule is CC(C)S(=O)(=O)[N-]c1cncc(Br)c1. The van der Waals surface area contributed by atoms with E-state index < -0.39 is 15.3 Å². The Balaban J connectivity index is 2.90. The van der Waals surface area contributed by atoms with Gasteiger partial charge in [-0.3, -0.25) is 4.98 Å². The number of pyridine rings is 1. The van der Waals surface area contributed by atoms with Crippen LogP contribution in [0.4, 0.5) is 5.69 Å². The summed E-state index contributed by atoms with van der Waals surface area (Å²) in [7, 11) is -3.40. The van der Waals surface area contributed by atoms with Gasteiger partial charge in [0.05, 0.1) is 10.0 Å². The van der Waals surface area contributed by atoms with Crippen LogP contribution in [-0.2, 0) is 10.0 Å². The van der Waals surface area contributed by atoms with Gasteiger partial charge in [0.25, 0.3) is 0 Å². The van der Waals surface area contributed by atoms with E-state index in [1.165, 1.54) is 6.20 Å². The monoisotopic (exact) mass is 277 g/mol. The molecule has 1 aromatic rings. The molecule has 0 aliphatic carbocycles. The first-order chi connectivity index (χ1) is 6.42. The van der Waals surface area contributed by atoms with Crippen molar-refractivity contribution in [3.05, 3.63) is 27.7 Å². The van der Waals surface area contributed by atoms with Crippen molar-refractivity contribution in [2.75, 3.05) is 0 Å². The molecule has 1 aromatic heterocycles. The van der Waals surface area contributed by atoms with Crippen molar-refractivity contribution in [3.63, 3.8) is 0 Å². The summed E-state index contributed by atoms with van der Waals surface area (Å²) < 4.78 is 27.1. The molecule has 1 heterocycles. The molecule has 1 rings (SSSR count). The standard InChI is InChI=1S/C8H10BrN2O2S/c1-6(2)14(12,13)11-8-3-7(9)4-10-5-8/h3-6H,1-2H3/q-1. The lowest BCUT2D eigenvalue weighted by molar-refractivity contribution is 0.595.